The third-order valence-electron chi connectivity index (χ3n) is 1.22. The van der Waals surface area contributed by atoms with Crippen molar-refractivity contribution in [1.82, 2.24) is 0 Å². The molecule has 0 heterocycles. The standard InChI is InChI=1S/C10H12O/c1-9(11)7-8-10-5-3-2-4-6-10/h2-6H,7-8H2,1H3/i7D,8D2. The van der Waals surface area contributed by atoms with E-state index in [9.17, 15) is 4.79 Å². The monoisotopic (exact) mass is 151 g/mol. The summed E-state index contributed by atoms with van der Waals surface area (Å²) in [6.07, 6.45) is -3.27. The van der Waals surface area contributed by atoms with E-state index in [-0.39, 0.29) is 0 Å². The van der Waals surface area contributed by atoms with Crippen molar-refractivity contribution in [1.29, 1.82) is 0 Å². The van der Waals surface area contributed by atoms with E-state index >= 15 is 0 Å². The van der Waals surface area contributed by atoms with Gasteiger partial charge in [-0.2, -0.15) is 0 Å². The molecule has 1 unspecified atom stereocenters. The van der Waals surface area contributed by atoms with Crippen LogP contribution in [0, 0.1) is 0 Å². The summed E-state index contributed by atoms with van der Waals surface area (Å²) in [7, 11) is 0. The second-order valence-electron chi connectivity index (χ2n) is 2.27. The largest absolute Gasteiger partial charge is 0.300 e. The lowest BCUT2D eigenvalue weighted by atomic mass is 10.1. The summed E-state index contributed by atoms with van der Waals surface area (Å²) in [5.41, 5.74) is 0.371. The number of benzene rings is 1. The van der Waals surface area contributed by atoms with Crippen molar-refractivity contribution < 1.29 is 8.91 Å². The molecule has 0 saturated carbocycles. The molecule has 11 heavy (non-hydrogen) atoms. The molecule has 0 radical (unpaired) electrons. The van der Waals surface area contributed by atoms with E-state index in [0.29, 0.717) is 5.56 Å². The summed E-state index contributed by atoms with van der Waals surface area (Å²) < 4.78 is 22.8. The molecule has 0 fully saturated rings. The lowest BCUT2D eigenvalue weighted by Gasteiger charge is -1.96. The van der Waals surface area contributed by atoms with Gasteiger partial charge in [-0.15, -0.1) is 0 Å². The Morgan fingerprint density at radius 2 is 2.09 bits per heavy atom. The van der Waals surface area contributed by atoms with Gasteiger partial charge in [0.25, 0.3) is 0 Å². The fourth-order valence-electron chi connectivity index (χ4n) is 0.719. The lowest BCUT2D eigenvalue weighted by Crippen LogP contribution is -1.92. The van der Waals surface area contributed by atoms with Crippen molar-refractivity contribution in [3.05, 3.63) is 35.9 Å². The van der Waals surface area contributed by atoms with Crippen molar-refractivity contribution in [2.24, 2.45) is 0 Å². The Bertz CT molecular complexity index is 321. The summed E-state index contributed by atoms with van der Waals surface area (Å²) >= 11 is 0. The van der Waals surface area contributed by atoms with Gasteiger partial charge in [-0.3, -0.25) is 0 Å². The highest BCUT2D eigenvalue weighted by molar-refractivity contribution is 5.75. The number of hydrogen-bond acceptors (Lipinski definition) is 1. The van der Waals surface area contributed by atoms with Gasteiger partial charge < -0.3 is 4.79 Å². The minimum atomic E-state index is -1.91. The second kappa shape index (κ2) is 3.91. The van der Waals surface area contributed by atoms with Crippen molar-refractivity contribution >= 4 is 5.78 Å². The highest BCUT2D eigenvalue weighted by atomic mass is 16.1. The van der Waals surface area contributed by atoms with Gasteiger partial charge in [-0.05, 0) is 18.9 Å². The number of carbonyl (C=O) groups is 1. The molecule has 0 aliphatic rings. The number of ketones is 1. The molecule has 1 nitrogen and oxygen atoms in total. The van der Waals surface area contributed by atoms with Crippen LogP contribution in [0.1, 0.15) is 23.0 Å². The zero-order chi connectivity index (χ0) is 10.8. The van der Waals surface area contributed by atoms with E-state index in [0.717, 1.165) is 0 Å². The van der Waals surface area contributed by atoms with Crippen LogP contribution in [0.4, 0.5) is 0 Å². The van der Waals surface area contributed by atoms with Crippen molar-refractivity contribution in [2.45, 2.75) is 19.7 Å². The predicted octanol–water partition coefficient (Wildman–Crippen LogP) is 2.21. The third kappa shape index (κ3) is 2.99. The number of carbonyl (C=O) groups excluding carboxylic acids is 1. The minimum absolute atomic E-state index is 0.371. The molecule has 0 amide bonds. The molecule has 1 aromatic rings. The van der Waals surface area contributed by atoms with Gasteiger partial charge in [0, 0.05) is 10.5 Å². The van der Waals surface area contributed by atoms with Gasteiger partial charge >= 0.3 is 0 Å². The fourth-order valence-corrected chi connectivity index (χ4v) is 0.719. The first-order chi connectivity index (χ1) is 6.46. The Kier molecular flexibility index (Phi) is 1.67. The number of aryl methyl sites for hydroxylation is 1. The molecule has 1 atom stereocenters. The first-order valence-electron chi connectivity index (χ1n) is 5.02. The van der Waals surface area contributed by atoms with Gasteiger partial charge in [0.15, 0.2) is 0 Å². The maximum atomic E-state index is 10.9. The predicted molar refractivity (Wildman–Crippen MR) is 45.4 cm³/mol. The Hall–Kier alpha value is -1.11. The summed E-state index contributed by atoms with van der Waals surface area (Å²) in [6.45, 7) is 1.23. The van der Waals surface area contributed by atoms with E-state index in [1.807, 2.05) is 0 Å². The molecule has 1 heteroatoms. The zero-order valence-corrected chi connectivity index (χ0v) is 6.37. The van der Waals surface area contributed by atoms with Crippen LogP contribution in [0.25, 0.3) is 0 Å². The molecule has 1 aromatic carbocycles. The quantitative estimate of drug-likeness (QED) is 0.647. The van der Waals surface area contributed by atoms with E-state index in [2.05, 4.69) is 0 Å². The summed E-state index contributed by atoms with van der Waals surface area (Å²) in [6, 6.07) is 8.33. The molecule has 0 bridgehead atoms. The fraction of sp³-hybridized carbons (Fsp3) is 0.300. The van der Waals surface area contributed by atoms with E-state index in [1.165, 1.54) is 6.92 Å². The lowest BCUT2D eigenvalue weighted by molar-refractivity contribution is -0.116. The van der Waals surface area contributed by atoms with Crippen LogP contribution in [-0.2, 0) is 11.2 Å². The van der Waals surface area contributed by atoms with Gasteiger partial charge in [0.1, 0.15) is 5.78 Å². The topological polar surface area (TPSA) is 17.1 Å². The molecular formula is C10H12O. The molecule has 0 saturated heterocycles. The SMILES string of the molecule is [2H]C(C(C)=O)C([2H])([2H])c1ccccc1. The zero-order valence-electron chi connectivity index (χ0n) is 9.37. The van der Waals surface area contributed by atoms with Crippen LogP contribution in [0.5, 0.6) is 0 Å². The second-order valence-corrected chi connectivity index (χ2v) is 2.27. The normalized spacial score (nSPS) is 17.7. The Morgan fingerprint density at radius 3 is 2.64 bits per heavy atom. The van der Waals surface area contributed by atoms with Gasteiger partial charge in [-0.1, -0.05) is 30.3 Å². The smallest absolute Gasteiger partial charge is 0.130 e. The molecule has 0 spiro atoms. The minimum Gasteiger partial charge on any atom is -0.300 e. The molecule has 0 N–H and O–H groups in total. The van der Waals surface area contributed by atoms with Crippen LogP contribution in [0.15, 0.2) is 30.3 Å². The van der Waals surface area contributed by atoms with E-state index in [4.69, 9.17) is 4.11 Å². The third-order valence-corrected chi connectivity index (χ3v) is 1.22. The molecule has 58 valence electrons. The van der Waals surface area contributed by atoms with Crippen LogP contribution in [0.2, 0.25) is 0 Å². The van der Waals surface area contributed by atoms with Crippen LogP contribution >= 0.6 is 0 Å². The highest BCUT2D eigenvalue weighted by Crippen LogP contribution is 2.01. The molecule has 0 aromatic heterocycles. The van der Waals surface area contributed by atoms with Crippen LogP contribution in [0.3, 0.4) is 0 Å². The van der Waals surface area contributed by atoms with Crippen molar-refractivity contribution in [3.63, 3.8) is 0 Å². The maximum absolute atomic E-state index is 10.9. The first kappa shape index (κ1) is 4.70. The highest BCUT2D eigenvalue weighted by Gasteiger charge is 1.94. The van der Waals surface area contributed by atoms with Gasteiger partial charge in [-0.25, -0.2) is 0 Å². The molecule has 0 aliphatic heterocycles. The van der Waals surface area contributed by atoms with Crippen LogP contribution < -0.4 is 0 Å². The first-order valence-corrected chi connectivity index (χ1v) is 3.44. The molecular weight excluding hydrogens is 136 g/mol. The number of hydrogen-bond donors (Lipinski definition) is 0. The number of rotatable bonds is 3. The molecule has 1 rings (SSSR count). The Morgan fingerprint density at radius 1 is 1.45 bits per heavy atom. The van der Waals surface area contributed by atoms with Gasteiger partial charge in [0.05, 0.1) is 0 Å². The van der Waals surface area contributed by atoms with Crippen molar-refractivity contribution in [2.75, 3.05) is 0 Å². The summed E-state index contributed by atoms with van der Waals surface area (Å²) in [4.78, 5) is 10.9. The van der Waals surface area contributed by atoms with Crippen LogP contribution in [-0.4, -0.2) is 5.78 Å². The summed E-state index contributed by atoms with van der Waals surface area (Å²) in [5.74, 6) is -0.459. The average Bonchev–Trinajstić information content (AvgIpc) is 2.18. The maximum Gasteiger partial charge on any atom is 0.130 e. The average molecular weight is 151 g/mol. The van der Waals surface area contributed by atoms with E-state index in [1.54, 1.807) is 30.3 Å². The number of Topliss-reactive ketones (excluding diaryl/α,β-unsaturated/α-hetero) is 1. The van der Waals surface area contributed by atoms with Crippen molar-refractivity contribution in [3.8, 4) is 0 Å². The van der Waals surface area contributed by atoms with E-state index < -0.39 is 18.6 Å². The molecule has 0 aliphatic carbocycles. The Labute approximate surface area is 71.3 Å². The Balaban J connectivity index is 3.02. The summed E-state index contributed by atoms with van der Waals surface area (Å²) in [5, 5.41) is 0. The van der Waals surface area contributed by atoms with Gasteiger partial charge in [0.2, 0.25) is 0 Å².